The Balaban J connectivity index is 1.63. The maximum absolute atomic E-state index is 12.4. The number of amides is 1. The Kier molecular flexibility index (Phi) is 3.79. The average molecular weight is 273 g/mol. The van der Waals surface area contributed by atoms with Gasteiger partial charge in [0.1, 0.15) is 0 Å². The Bertz CT molecular complexity index is 465. The number of benzene rings is 1. The minimum absolute atomic E-state index is 0.127. The van der Waals surface area contributed by atoms with E-state index in [4.69, 9.17) is 0 Å². The summed E-state index contributed by atoms with van der Waals surface area (Å²) in [6.07, 6.45) is 5.84. The molecule has 0 saturated heterocycles. The van der Waals surface area contributed by atoms with E-state index < -0.39 is 5.60 Å². The predicted octanol–water partition coefficient (Wildman–Crippen LogP) is 2.31. The van der Waals surface area contributed by atoms with Crippen LogP contribution in [0.2, 0.25) is 0 Å². The number of rotatable bonds is 2. The number of nitrogens with zero attached hydrogens (tertiary/aromatic N) is 1. The lowest BCUT2D eigenvalue weighted by atomic mass is 9.97. The Morgan fingerprint density at radius 1 is 1.10 bits per heavy atom. The lowest BCUT2D eigenvalue weighted by molar-refractivity contribution is -0.136. The maximum atomic E-state index is 12.4. The molecule has 1 amide bonds. The molecule has 0 unspecified atom stereocenters. The van der Waals surface area contributed by atoms with Gasteiger partial charge in [0.05, 0.1) is 12.0 Å². The van der Waals surface area contributed by atoms with Crippen LogP contribution in [0.1, 0.15) is 43.2 Å². The molecule has 3 rings (SSSR count). The molecule has 108 valence electrons. The van der Waals surface area contributed by atoms with Crippen molar-refractivity contribution in [1.29, 1.82) is 0 Å². The summed E-state index contributed by atoms with van der Waals surface area (Å²) in [5.41, 5.74) is 2.00. The molecular formula is C17H23NO2. The van der Waals surface area contributed by atoms with Crippen LogP contribution in [0.5, 0.6) is 0 Å². The van der Waals surface area contributed by atoms with Crippen LogP contribution in [0.3, 0.4) is 0 Å². The molecule has 3 heteroatoms. The Labute approximate surface area is 120 Å². The van der Waals surface area contributed by atoms with E-state index in [1.54, 1.807) is 0 Å². The van der Waals surface area contributed by atoms with E-state index in [0.29, 0.717) is 6.42 Å². The highest BCUT2D eigenvalue weighted by molar-refractivity contribution is 5.77. The van der Waals surface area contributed by atoms with E-state index in [2.05, 4.69) is 24.3 Å². The second-order valence-corrected chi connectivity index (χ2v) is 6.26. The lowest BCUT2D eigenvalue weighted by Gasteiger charge is -2.27. The summed E-state index contributed by atoms with van der Waals surface area (Å²) in [5, 5.41) is 10.4. The SMILES string of the molecule is O=C(CC1(O)CCCC1)N1CCc2ccccc2CC1. The van der Waals surface area contributed by atoms with Gasteiger partial charge in [0.25, 0.3) is 0 Å². The van der Waals surface area contributed by atoms with Crippen LogP contribution in [0.25, 0.3) is 0 Å². The van der Waals surface area contributed by atoms with Crippen LogP contribution in [0, 0.1) is 0 Å². The van der Waals surface area contributed by atoms with Crippen LogP contribution in [0.15, 0.2) is 24.3 Å². The van der Waals surface area contributed by atoms with Crippen LogP contribution in [0.4, 0.5) is 0 Å². The number of carbonyl (C=O) groups excluding carboxylic acids is 1. The van der Waals surface area contributed by atoms with Gasteiger partial charge in [-0.25, -0.2) is 0 Å². The highest BCUT2D eigenvalue weighted by Gasteiger charge is 2.35. The fraction of sp³-hybridized carbons (Fsp3) is 0.588. The summed E-state index contributed by atoms with van der Waals surface area (Å²) in [7, 11) is 0. The quantitative estimate of drug-likeness (QED) is 0.898. The second-order valence-electron chi connectivity index (χ2n) is 6.26. The first-order valence-corrected chi connectivity index (χ1v) is 7.73. The van der Waals surface area contributed by atoms with Crippen molar-refractivity contribution in [2.45, 2.75) is 50.5 Å². The molecular weight excluding hydrogens is 250 g/mol. The van der Waals surface area contributed by atoms with Gasteiger partial charge >= 0.3 is 0 Å². The molecule has 1 N–H and O–H groups in total. The molecule has 0 atom stereocenters. The summed E-state index contributed by atoms with van der Waals surface area (Å²) >= 11 is 0. The molecule has 1 aliphatic carbocycles. The number of carbonyl (C=O) groups is 1. The molecule has 1 aromatic rings. The van der Waals surface area contributed by atoms with Crippen LogP contribution in [-0.4, -0.2) is 34.6 Å². The normalized spacial score (nSPS) is 21.4. The Morgan fingerprint density at radius 3 is 2.20 bits per heavy atom. The third kappa shape index (κ3) is 2.88. The summed E-state index contributed by atoms with van der Waals surface area (Å²) < 4.78 is 0. The van der Waals surface area contributed by atoms with E-state index in [1.165, 1.54) is 11.1 Å². The van der Waals surface area contributed by atoms with E-state index in [-0.39, 0.29) is 5.91 Å². The van der Waals surface area contributed by atoms with Crippen molar-refractivity contribution < 1.29 is 9.90 Å². The molecule has 2 aliphatic rings. The zero-order valence-corrected chi connectivity index (χ0v) is 12.0. The smallest absolute Gasteiger partial charge is 0.225 e. The summed E-state index contributed by atoms with van der Waals surface area (Å²) in [6, 6.07) is 8.46. The maximum Gasteiger partial charge on any atom is 0.225 e. The van der Waals surface area contributed by atoms with E-state index >= 15 is 0 Å². The summed E-state index contributed by atoms with van der Waals surface area (Å²) in [5.74, 6) is 0.127. The number of hydrogen-bond acceptors (Lipinski definition) is 2. The molecule has 1 heterocycles. The highest BCUT2D eigenvalue weighted by atomic mass is 16.3. The summed E-state index contributed by atoms with van der Waals surface area (Å²) in [4.78, 5) is 14.4. The van der Waals surface area contributed by atoms with Crippen LogP contribution < -0.4 is 0 Å². The van der Waals surface area contributed by atoms with E-state index in [9.17, 15) is 9.90 Å². The van der Waals surface area contributed by atoms with Gasteiger partial charge in [0.15, 0.2) is 0 Å². The van der Waals surface area contributed by atoms with Crippen LogP contribution >= 0.6 is 0 Å². The minimum Gasteiger partial charge on any atom is -0.389 e. The van der Waals surface area contributed by atoms with Gasteiger partial charge in [-0.15, -0.1) is 0 Å². The van der Waals surface area contributed by atoms with E-state index in [0.717, 1.165) is 51.6 Å². The molecule has 0 radical (unpaired) electrons. The average Bonchev–Trinajstić information content (AvgIpc) is 2.75. The van der Waals surface area contributed by atoms with Gasteiger partial charge in [-0.3, -0.25) is 4.79 Å². The zero-order valence-electron chi connectivity index (χ0n) is 12.0. The largest absolute Gasteiger partial charge is 0.389 e. The van der Waals surface area contributed by atoms with Crippen molar-refractivity contribution in [1.82, 2.24) is 4.90 Å². The van der Waals surface area contributed by atoms with Gasteiger partial charge in [-0.05, 0) is 36.8 Å². The molecule has 1 fully saturated rings. The summed E-state index contributed by atoms with van der Waals surface area (Å²) in [6.45, 7) is 1.57. The standard InChI is InChI=1S/C17H23NO2/c19-16(13-17(20)9-3-4-10-17)18-11-7-14-5-1-2-6-15(14)8-12-18/h1-2,5-6,20H,3-4,7-13H2. The monoisotopic (exact) mass is 273 g/mol. The lowest BCUT2D eigenvalue weighted by Crippen LogP contribution is -2.39. The first kappa shape index (κ1) is 13.6. The number of aliphatic hydroxyl groups is 1. The number of fused-ring (bicyclic) bond motifs is 1. The van der Waals surface area contributed by atoms with Crippen molar-refractivity contribution in [2.75, 3.05) is 13.1 Å². The van der Waals surface area contributed by atoms with Crippen molar-refractivity contribution in [3.8, 4) is 0 Å². The molecule has 20 heavy (non-hydrogen) atoms. The van der Waals surface area contributed by atoms with Crippen molar-refractivity contribution >= 4 is 5.91 Å². The van der Waals surface area contributed by atoms with Crippen molar-refractivity contribution in [2.24, 2.45) is 0 Å². The van der Waals surface area contributed by atoms with Gasteiger partial charge < -0.3 is 10.0 Å². The van der Waals surface area contributed by atoms with Gasteiger partial charge in [-0.2, -0.15) is 0 Å². The topological polar surface area (TPSA) is 40.5 Å². The third-order valence-corrected chi connectivity index (χ3v) is 4.79. The second kappa shape index (κ2) is 5.57. The fourth-order valence-corrected chi connectivity index (χ4v) is 3.52. The highest BCUT2D eigenvalue weighted by Crippen LogP contribution is 2.33. The number of hydrogen-bond donors (Lipinski definition) is 1. The zero-order chi connectivity index (χ0) is 14.0. The third-order valence-electron chi connectivity index (χ3n) is 4.79. The van der Waals surface area contributed by atoms with Crippen molar-refractivity contribution in [3.05, 3.63) is 35.4 Å². The molecule has 0 bridgehead atoms. The molecule has 1 aromatic carbocycles. The predicted molar refractivity (Wildman–Crippen MR) is 78.5 cm³/mol. The molecule has 1 aliphatic heterocycles. The van der Waals surface area contributed by atoms with Gasteiger partial charge in [0.2, 0.25) is 5.91 Å². The fourth-order valence-electron chi connectivity index (χ4n) is 3.52. The first-order chi connectivity index (χ1) is 9.66. The molecule has 1 saturated carbocycles. The van der Waals surface area contributed by atoms with Crippen LogP contribution in [-0.2, 0) is 17.6 Å². The minimum atomic E-state index is -0.726. The molecule has 3 nitrogen and oxygen atoms in total. The van der Waals surface area contributed by atoms with Crippen molar-refractivity contribution in [3.63, 3.8) is 0 Å². The van der Waals surface area contributed by atoms with Gasteiger partial charge in [-0.1, -0.05) is 37.1 Å². The first-order valence-electron chi connectivity index (χ1n) is 7.73. The molecule has 0 spiro atoms. The van der Waals surface area contributed by atoms with E-state index in [1.807, 2.05) is 4.90 Å². The van der Waals surface area contributed by atoms with Gasteiger partial charge in [0, 0.05) is 13.1 Å². The Hall–Kier alpha value is -1.35. The molecule has 0 aromatic heterocycles. The Morgan fingerprint density at radius 2 is 1.65 bits per heavy atom.